The van der Waals surface area contributed by atoms with Gasteiger partial charge < -0.3 is 4.74 Å². The molecule has 0 aliphatic carbocycles. The van der Waals surface area contributed by atoms with Gasteiger partial charge in [0.2, 0.25) is 0 Å². The number of rotatable bonds is 4. The average Bonchev–Trinajstić information content (AvgIpc) is 2.94. The molecule has 1 aromatic heterocycles. The molecule has 19 heavy (non-hydrogen) atoms. The minimum atomic E-state index is -0.381. The Bertz CT molecular complexity index is 574. The summed E-state index contributed by atoms with van der Waals surface area (Å²) in [4.78, 5) is 12.6. The summed E-state index contributed by atoms with van der Waals surface area (Å²) in [5, 5.41) is 5.50. The lowest BCUT2D eigenvalue weighted by Crippen LogP contribution is -2.02. The van der Waals surface area contributed by atoms with Gasteiger partial charge >= 0.3 is 5.97 Å². The summed E-state index contributed by atoms with van der Waals surface area (Å²) in [6, 6.07) is 7.97. The topological polar surface area (TPSA) is 26.3 Å². The van der Waals surface area contributed by atoms with Crippen LogP contribution in [-0.4, -0.2) is 13.1 Å². The number of esters is 1. The smallest absolute Gasteiger partial charge is 0.339 e. The van der Waals surface area contributed by atoms with E-state index in [1.54, 1.807) is 17.5 Å². The van der Waals surface area contributed by atoms with E-state index in [1.165, 1.54) is 42.3 Å². The summed E-state index contributed by atoms with van der Waals surface area (Å²) in [6.07, 6.45) is 0. The molecule has 2 aromatic rings. The molecular formula is C14H11FO2S2. The number of halogens is 1. The molecule has 98 valence electrons. The Morgan fingerprint density at radius 3 is 2.63 bits per heavy atom. The van der Waals surface area contributed by atoms with Crippen LogP contribution in [0.5, 0.6) is 0 Å². The van der Waals surface area contributed by atoms with Gasteiger partial charge in [-0.25, -0.2) is 9.18 Å². The van der Waals surface area contributed by atoms with Gasteiger partial charge in [0.05, 0.1) is 12.7 Å². The number of carbonyl (C=O) groups excluding carboxylic acids is 1. The highest BCUT2D eigenvalue weighted by Gasteiger charge is 2.12. The summed E-state index contributed by atoms with van der Waals surface area (Å²) in [5.41, 5.74) is 1.32. The zero-order valence-corrected chi connectivity index (χ0v) is 11.8. The molecule has 1 heterocycles. The zero-order chi connectivity index (χ0) is 13.7. The van der Waals surface area contributed by atoms with E-state index in [9.17, 15) is 9.18 Å². The van der Waals surface area contributed by atoms with Crippen LogP contribution in [0.25, 0.3) is 5.57 Å². The fraction of sp³-hybridized carbons (Fsp3) is 0.0714. The van der Waals surface area contributed by atoms with Crippen molar-refractivity contribution in [1.29, 1.82) is 0 Å². The molecule has 0 saturated heterocycles. The highest BCUT2D eigenvalue weighted by Crippen LogP contribution is 2.27. The van der Waals surface area contributed by atoms with Crippen LogP contribution in [0.4, 0.5) is 4.39 Å². The SMILES string of the molecule is COC(=O)/C(=C/Sc1ccc(F)cc1)c1ccsc1. The van der Waals surface area contributed by atoms with Gasteiger partial charge in [-0.2, -0.15) is 11.3 Å². The van der Waals surface area contributed by atoms with Crippen molar-refractivity contribution in [2.75, 3.05) is 7.11 Å². The van der Waals surface area contributed by atoms with E-state index in [-0.39, 0.29) is 11.8 Å². The minimum absolute atomic E-state index is 0.278. The van der Waals surface area contributed by atoms with Crippen molar-refractivity contribution in [2.45, 2.75) is 4.90 Å². The first-order valence-electron chi connectivity index (χ1n) is 5.44. The fourth-order valence-corrected chi connectivity index (χ4v) is 2.84. The summed E-state index contributed by atoms with van der Waals surface area (Å²) in [6.45, 7) is 0. The summed E-state index contributed by atoms with van der Waals surface area (Å²) in [5.74, 6) is -0.660. The van der Waals surface area contributed by atoms with Crippen LogP contribution in [0.15, 0.2) is 51.4 Å². The molecule has 0 aliphatic heterocycles. The van der Waals surface area contributed by atoms with Crippen molar-refractivity contribution < 1.29 is 13.9 Å². The molecule has 5 heteroatoms. The molecule has 0 aliphatic rings. The van der Waals surface area contributed by atoms with Crippen molar-refractivity contribution in [3.63, 3.8) is 0 Å². The molecule has 0 atom stereocenters. The van der Waals surface area contributed by atoms with Crippen molar-refractivity contribution in [2.24, 2.45) is 0 Å². The molecule has 0 fully saturated rings. The van der Waals surface area contributed by atoms with E-state index < -0.39 is 0 Å². The van der Waals surface area contributed by atoms with Crippen molar-refractivity contribution >= 4 is 34.6 Å². The molecule has 0 amide bonds. The molecule has 2 nitrogen and oxygen atoms in total. The lowest BCUT2D eigenvalue weighted by Gasteiger charge is -2.03. The Hall–Kier alpha value is -1.59. The maximum Gasteiger partial charge on any atom is 0.339 e. The number of methoxy groups -OCH3 is 1. The molecule has 0 N–H and O–H groups in total. The van der Waals surface area contributed by atoms with Gasteiger partial charge in [-0.15, -0.1) is 0 Å². The van der Waals surface area contributed by atoms with E-state index in [4.69, 9.17) is 4.74 Å². The Morgan fingerprint density at radius 2 is 2.05 bits per heavy atom. The summed E-state index contributed by atoms with van der Waals surface area (Å²) < 4.78 is 17.6. The highest BCUT2D eigenvalue weighted by molar-refractivity contribution is 8.02. The van der Waals surface area contributed by atoms with Crippen LogP contribution in [0.1, 0.15) is 5.56 Å². The van der Waals surface area contributed by atoms with E-state index in [0.29, 0.717) is 5.57 Å². The lowest BCUT2D eigenvalue weighted by molar-refractivity contribution is -0.133. The number of thiophene rings is 1. The summed E-state index contributed by atoms with van der Waals surface area (Å²) >= 11 is 2.87. The van der Waals surface area contributed by atoms with Crippen molar-refractivity contribution in [3.8, 4) is 0 Å². The minimum Gasteiger partial charge on any atom is -0.465 e. The van der Waals surface area contributed by atoms with Crippen LogP contribution in [-0.2, 0) is 9.53 Å². The first kappa shape index (κ1) is 13.8. The molecule has 1 aromatic carbocycles. The molecular weight excluding hydrogens is 283 g/mol. The van der Waals surface area contributed by atoms with Gasteiger partial charge in [0.25, 0.3) is 0 Å². The Balaban J connectivity index is 2.21. The van der Waals surface area contributed by atoms with Crippen LogP contribution >= 0.6 is 23.1 Å². The first-order valence-corrected chi connectivity index (χ1v) is 7.26. The number of thioether (sulfide) groups is 1. The Morgan fingerprint density at radius 1 is 1.32 bits per heavy atom. The van der Waals surface area contributed by atoms with E-state index in [1.807, 2.05) is 16.8 Å². The molecule has 2 rings (SSSR count). The predicted molar refractivity (Wildman–Crippen MR) is 76.6 cm³/mol. The van der Waals surface area contributed by atoms with E-state index in [2.05, 4.69) is 0 Å². The quantitative estimate of drug-likeness (QED) is 0.480. The zero-order valence-electron chi connectivity index (χ0n) is 10.1. The van der Waals surface area contributed by atoms with Gasteiger partial charge in [0.1, 0.15) is 5.82 Å². The third-order valence-corrected chi connectivity index (χ3v) is 3.95. The number of hydrogen-bond acceptors (Lipinski definition) is 4. The standard InChI is InChI=1S/C14H11FO2S2/c1-17-14(16)13(10-6-7-18-8-10)9-19-12-4-2-11(15)3-5-12/h2-9H,1H3/b13-9+. The third kappa shape index (κ3) is 3.68. The molecule has 0 saturated carbocycles. The van der Waals surface area contributed by atoms with Gasteiger partial charge in [0, 0.05) is 10.5 Å². The fourth-order valence-electron chi connectivity index (χ4n) is 1.40. The Kier molecular flexibility index (Phi) is 4.76. The second-order valence-corrected chi connectivity index (χ2v) is 5.33. The highest BCUT2D eigenvalue weighted by atomic mass is 32.2. The number of carbonyl (C=O) groups is 1. The maximum absolute atomic E-state index is 12.8. The second-order valence-electron chi connectivity index (χ2n) is 3.61. The molecule has 0 bridgehead atoms. The summed E-state index contributed by atoms with van der Waals surface area (Å²) in [7, 11) is 1.35. The normalized spacial score (nSPS) is 11.4. The van der Waals surface area contributed by atoms with E-state index in [0.717, 1.165) is 10.5 Å². The van der Waals surface area contributed by atoms with Gasteiger partial charge in [0.15, 0.2) is 0 Å². The second kappa shape index (κ2) is 6.54. The van der Waals surface area contributed by atoms with Crippen molar-refractivity contribution in [3.05, 3.63) is 57.9 Å². The largest absolute Gasteiger partial charge is 0.465 e. The number of benzene rings is 1. The molecule has 0 spiro atoms. The van der Waals surface area contributed by atoms with Crippen LogP contribution in [0.2, 0.25) is 0 Å². The molecule has 0 unspecified atom stereocenters. The number of hydrogen-bond donors (Lipinski definition) is 0. The first-order chi connectivity index (χ1) is 9.20. The average molecular weight is 294 g/mol. The molecule has 0 radical (unpaired) electrons. The third-order valence-electron chi connectivity index (χ3n) is 2.36. The predicted octanol–water partition coefficient (Wildman–Crippen LogP) is 4.19. The van der Waals surface area contributed by atoms with Gasteiger partial charge in [-0.05, 0) is 46.5 Å². The van der Waals surface area contributed by atoms with Gasteiger partial charge in [-0.3, -0.25) is 0 Å². The lowest BCUT2D eigenvalue weighted by atomic mass is 10.2. The van der Waals surface area contributed by atoms with Crippen LogP contribution in [0.3, 0.4) is 0 Å². The monoisotopic (exact) mass is 294 g/mol. The van der Waals surface area contributed by atoms with Gasteiger partial charge in [-0.1, -0.05) is 11.8 Å². The maximum atomic E-state index is 12.8. The number of ether oxygens (including phenoxy) is 1. The van der Waals surface area contributed by atoms with E-state index >= 15 is 0 Å². The Labute approximate surface area is 118 Å². The van der Waals surface area contributed by atoms with Crippen molar-refractivity contribution in [1.82, 2.24) is 0 Å². The van der Waals surface area contributed by atoms with Crippen LogP contribution in [0, 0.1) is 5.82 Å². The van der Waals surface area contributed by atoms with Crippen LogP contribution < -0.4 is 0 Å².